The molecule has 1 aliphatic rings. The maximum atomic E-state index is 5.95. The summed E-state index contributed by atoms with van der Waals surface area (Å²) in [6.45, 7) is 5.93. The molecule has 0 amide bonds. The summed E-state index contributed by atoms with van der Waals surface area (Å²) in [5.41, 5.74) is 2.74. The van der Waals surface area contributed by atoms with Crippen LogP contribution in [0.2, 0.25) is 5.02 Å². The van der Waals surface area contributed by atoms with E-state index in [1.54, 1.807) is 4.90 Å². The molecule has 0 aromatic heterocycles. The molecule has 0 bridgehead atoms. The molecular weight excluding hydrogens is 280 g/mol. The molecule has 0 saturated carbocycles. The zero-order valence-electron chi connectivity index (χ0n) is 12.3. The van der Waals surface area contributed by atoms with Crippen LogP contribution in [0.5, 0.6) is 0 Å². The molecule has 1 heterocycles. The van der Waals surface area contributed by atoms with Gasteiger partial charge in [0.1, 0.15) is 0 Å². The van der Waals surface area contributed by atoms with Gasteiger partial charge in [-0.25, -0.2) is 0 Å². The Kier molecular flexibility index (Phi) is 4.79. The number of nitrogens with one attached hydrogen (secondary N) is 1. The van der Waals surface area contributed by atoms with Crippen LogP contribution in [0.1, 0.15) is 5.56 Å². The minimum absolute atomic E-state index is 0.811. The van der Waals surface area contributed by atoms with Crippen molar-refractivity contribution in [3.05, 3.63) is 65.2 Å². The van der Waals surface area contributed by atoms with Crippen LogP contribution in [0.25, 0.3) is 0 Å². The number of hydrogen-bond donors (Lipinski definition) is 1. The SMILES string of the molecule is Clc1ccc(N2CC[NH+](CCc3ccccc3)CC2)cc1. The van der Waals surface area contributed by atoms with Gasteiger partial charge in [0.2, 0.25) is 0 Å². The summed E-state index contributed by atoms with van der Waals surface area (Å²) >= 11 is 5.95. The highest BCUT2D eigenvalue weighted by Crippen LogP contribution is 2.17. The molecule has 0 atom stereocenters. The van der Waals surface area contributed by atoms with Crippen molar-refractivity contribution in [3.8, 4) is 0 Å². The van der Waals surface area contributed by atoms with Crippen molar-refractivity contribution in [2.24, 2.45) is 0 Å². The highest BCUT2D eigenvalue weighted by molar-refractivity contribution is 6.30. The molecule has 1 saturated heterocycles. The number of nitrogens with zero attached hydrogens (tertiary/aromatic N) is 1. The minimum Gasteiger partial charge on any atom is -0.360 e. The smallest absolute Gasteiger partial charge is 0.0949 e. The van der Waals surface area contributed by atoms with Crippen molar-refractivity contribution in [1.29, 1.82) is 0 Å². The summed E-state index contributed by atoms with van der Waals surface area (Å²) < 4.78 is 0. The molecule has 2 aromatic rings. The van der Waals surface area contributed by atoms with Crippen LogP contribution in [0.3, 0.4) is 0 Å². The molecule has 2 aromatic carbocycles. The Labute approximate surface area is 131 Å². The lowest BCUT2D eigenvalue weighted by Crippen LogP contribution is -3.15. The van der Waals surface area contributed by atoms with Gasteiger partial charge in [-0.3, -0.25) is 0 Å². The van der Waals surface area contributed by atoms with Crippen LogP contribution in [0.15, 0.2) is 54.6 Å². The Hall–Kier alpha value is -1.51. The van der Waals surface area contributed by atoms with Crippen molar-refractivity contribution in [2.45, 2.75) is 6.42 Å². The summed E-state index contributed by atoms with van der Waals surface area (Å²) in [5.74, 6) is 0. The molecule has 0 spiro atoms. The second-order valence-corrected chi connectivity index (χ2v) is 6.14. The van der Waals surface area contributed by atoms with Gasteiger partial charge in [0.25, 0.3) is 0 Å². The van der Waals surface area contributed by atoms with E-state index in [1.807, 2.05) is 12.1 Å². The van der Waals surface area contributed by atoms with E-state index < -0.39 is 0 Å². The summed E-state index contributed by atoms with van der Waals surface area (Å²) in [7, 11) is 0. The fourth-order valence-electron chi connectivity index (χ4n) is 2.95. The number of piperazine rings is 1. The first-order valence-electron chi connectivity index (χ1n) is 7.69. The molecule has 1 aliphatic heterocycles. The summed E-state index contributed by atoms with van der Waals surface area (Å²) in [6, 6.07) is 19.0. The van der Waals surface area contributed by atoms with E-state index >= 15 is 0 Å². The van der Waals surface area contributed by atoms with Crippen molar-refractivity contribution < 1.29 is 4.90 Å². The van der Waals surface area contributed by atoms with Gasteiger partial charge in [-0.15, -0.1) is 0 Å². The number of quaternary nitrogens is 1. The molecule has 0 radical (unpaired) electrons. The van der Waals surface area contributed by atoms with E-state index in [2.05, 4.69) is 47.4 Å². The number of hydrogen-bond acceptors (Lipinski definition) is 1. The molecule has 2 nitrogen and oxygen atoms in total. The van der Waals surface area contributed by atoms with E-state index in [-0.39, 0.29) is 0 Å². The Morgan fingerprint density at radius 2 is 1.57 bits per heavy atom. The molecule has 0 aliphatic carbocycles. The maximum Gasteiger partial charge on any atom is 0.0949 e. The van der Waals surface area contributed by atoms with Crippen LogP contribution >= 0.6 is 11.6 Å². The highest BCUT2D eigenvalue weighted by atomic mass is 35.5. The first-order chi connectivity index (χ1) is 10.3. The first kappa shape index (κ1) is 14.4. The van der Waals surface area contributed by atoms with Gasteiger partial charge in [0, 0.05) is 17.1 Å². The summed E-state index contributed by atoms with van der Waals surface area (Å²) in [6.07, 6.45) is 1.18. The van der Waals surface area contributed by atoms with Crippen LogP contribution in [-0.2, 0) is 6.42 Å². The van der Waals surface area contributed by atoms with Crippen LogP contribution < -0.4 is 9.80 Å². The third kappa shape index (κ3) is 3.99. The maximum absolute atomic E-state index is 5.95. The minimum atomic E-state index is 0.811. The quantitative estimate of drug-likeness (QED) is 0.910. The standard InChI is InChI=1S/C18H21ClN2/c19-17-6-8-18(9-7-17)21-14-12-20(13-15-21)11-10-16-4-2-1-3-5-16/h1-9H,10-15H2/p+1. The van der Waals surface area contributed by atoms with E-state index in [9.17, 15) is 0 Å². The van der Waals surface area contributed by atoms with Gasteiger partial charge in [-0.1, -0.05) is 41.9 Å². The van der Waals surface area contributed by atoms with Crippen molar-refractivity contribution in [1.82, 2.24) is 0 Å². The fourth-order valence-corrected chi connectivity index (χ4v) is 3.07. The van der Waals surface area contributed by atoms with Crippen LogP contribution in [0, 0.1) is 0 Å². The average Bonchev–Trinajstić information content (AvgIpc) is 2.55. The van der Waals surface area contributed by atoms with Crippen molar-refractivity contribution >= 4 is 17.3 Å². The largest absolute Gasteiger partial charge is 0.360 e. The lowest BCUT2D eigenvalue weighted by Gasteiger charge is -2.33. The Balaban J connectivity index is 1.48. The summed E-state index contributed by atoms with van der Waals surface area (Å²) in [5, 5.41) is 0.811. The molecule has 110 valence electrons. The predicted octanol–water partition coefficient (Wildman–Crippen LogP) is 2.29. The Bertz CT molecular complexity index is 545. The van der Waals surface area contributed by atoms with Crippen molar-refractivity contribution in [2.75, 3.05) is 37.6 Å². The van der Waals surface area contributed by atoms with Crippen LogP contribution in [-0.4, -0.2) is 32.7 Å². The highest BCUT2D eigenvalue weighted by Gasteiger charge is 2.19. The average molecular weight is 302 g/mol. The third-order valence-electron chi connectivity index (χ3n) is 4.27. The zero-order chi connectivity index (χ0) is 14.5. The Morgan fingerprint density at radius 1 is 0.905 bits per heavy atom. The lowest BCUT2D eigenvalue weighted by molar-refractivity contribution is -0.900. The number of anilines is 1. The fraction of sp³-hybridized carbons (Fsp3) is 0.333. The number of halogens is 1. The van der Waals surface area contributed by atoms with Gasteiger partial charge in [-0.2, -0.15) is 0 Å². The molecule has 1 N–H and O–H groups in total. The third-order valence-corrected chi connectivity index (χ3v) is 4.52. The van der Waals surface area contributed by atoms with Gasteiger partial charge in [0.15, 0.2) is 0 Å². The number of rotatable bonds is 4. The van der Waals surface area contributed by atoms with Gasteiger partial charge in [0.05, 0.1) is 32.7 Å². The topological polar surface area (TPSA) is 7.68 Å². The molecule has 21 heavy (non-hydrogen) atoms. The van der Waals surface area contributed by atoms with Gasteiger partial charge < -0.3 is 9.80 Å². The molecular formula is C18H22ClN2+. The lowest BCUT2D eigenvalue weighted by atomic mass is 10.1. The predicted molar refractivity (Wildman–Crippen MR) is 89.4 cm³/mol. The molecule has 0 unspecified atom stereocenters. The van der Waals surface area contributed by atoms with Crippen LogP contribution in [0.4, 0.5) is 5.69 Å². The van der Waals surface area contributed by atoms with E-state index in [0.29, 0.717) is 0 Å². The molecule has 3 rings (SSSR count). The molecule has 1 fully saturated rings. The first-order valence-corrected chi connectivity index (χ1v) is 8.07. The second-order valence-electron chi connectivity index (χ2n) is 5.70. The second kappa shape index (κ2) is 6.97. The normalized spacial score (nSPS) is 16.1. The molecule has 3 heteroatoms. The van der Waals surface area contributed by atoms with E-state index in [0.717, 1.165) is 18.1 Å². The van der Waals surface area contributed by atoms with E-state index in [4.69, 9.17) is 11.6 Å². The zero-order valence-corrected chi connectivity index (χ0v) is 13.0. The van der Waals surface area contributed by atoms with Crippen molar-refractivity contribution in [3.63, 3.8) is 0 Å². The number of benzene rings is 2. The Morgan fingerprint density at radius 3 is 2.24 bits per heavy atom. The van der Waals surface area contributed by atoms with Gasteiger partial charge >= 0.3 is 0 Å². The summed E-state index contributed by atoms with van der Waals surface area (Å²) in [4.78, 5) is 4.17. The van der Waals surface area contributed by atoms with E-state index in [1.165, 1.54) is 37.3 Å². The monoisotopic (exact) mass is 301 g/mol. The van der Waals surface area contributed by atoms with Gasteiger partial charge in [-0.05, 0) is 29.8 Å².